The summed E-state index contributed by atoms with van der Waals surface area (Å²) in [4.78, 5) is 4.14. The van der Waals surface area contributed by atoms with Crippen LogP contribution in [0.2, 0.25) is 0 Å². The Morgan fingerprint density at radius 3 is 2.70 bits per heavy atom. The molecule has 0 aliphatic carbocycles. The topological polar surface area (TPSA) is 115 Å². The summed E-state index contributed by atoms with van der Waals surface area (Å²) < 4.78 is 12.4. The lowest BCUT2D eigenvalue weighted by Crippen LogP contribution is -2.38. The number of hydrazine groups is 1. The maximum atomic E-state index is 10.3. The molecule has 1 atom stereocenters. The maximum Gasteiger partial charge on any atom is 0.208 e. The van der Waals surface area contributed by atoms with Crippen molar-refractivity contribution in [1.82, 2.24) is 5.43 Å². The zero-order chi connectivity index (χ0) is 21.2. The summed E-state index contributed by atoms with van der Waals surface area (Å²) in [5.74, 6) is 7.38. The molecule has 6 N–H and O–H groups in total. The zero-order valence-corrected chi connectivity index (χ0v) is 20.2. The molecule has 2 aromatic carbocycles. The molecule has 0 aromatic heterocycles. The molecule has 0 saturated carbocycles. The molecule has 1 heterocycles. The summed E-state index contributed by atoms with van der Waals surface area (Å²) in [5.41, 5.74) is 12.2. The molecule has 1 aliphatic heterocycles. The molecule has 3 rings (SSSR count). The Morgan fingerprint density at radius 1 is 1.27 bits per heavy atom. The van der Waals surface area contributed by atoms with E-state index in [1.54, 1.807) is 0 Å². The van der Waals surface area contributed by atoms with E-state index in [0.29, 0.717) is 23.8 Å². The van der Waals surface area contributed by atoms with Gasteiger partial charge in [-0.25, -0.2) is 10.8 Å². The van der Waals surface area contributed by atoms with Crippen LogP contribution in [0.25, 0.3) is 0 Å². The molecule has 164 valence electrons. The van der Waals surface area contributed by atoms with Gasteiger partial charge in [0.05, 0.1) is 12.3 Å². The first kappa shape index (κ1) is 24.1. The van der Waals surface area contributed by atoms with Crippen molar-refractivity contribution >= 4 is 35.6 Å². The van der Waals surface area contributed by atoms with Crippen molar-refractivity contribution in [3.63, 3.8) is 0 Å². The summed E-state index contributed by atoms with van der Waals surface area (Å²) in [6.45, 7) is 8.52. The molecule has 8 heteroatoms. The molecule has 1 unspecified atom stereocenters. The number of hydrogen-bond donors (Lipinski definition) is 4. The fraction of sp³-hybridized carbons (Fsp3) is 0.409. The first-order valence-corrected chi connectivity index (χ1v) is 9.78. The second-order valence-corrected chi connectivity index (χ2v) is 7.82. The largest absolute Gasteiger partial charge is 0.507 e. The number of guanidine groups is 1. The van der Waals surface area contributed by atoms with Gasteiger partial charge in [0.2, 0.25) is 5.96 Å². The SMILES string of the molecule is Cc1c(C)c2c(c(C)c1O)CCC(C)(CCOc1cccc(N=C(N)NN)c1)O2.I. The molecule has 2 aromatic rings. The third kappa shape index (κ3) is 5.10. The predicted octanol–water partition coefficient (Wildman–Crippen LogP) is 3.90. The number of benzene rings is 2. The summed E-state index contributed by atoms with van der Waals surface area (Å²) in [6.07, 6.45) is 2.49. The van der Waals surface area contributed by atoms with E-state index in [-0.39, 0.29) is 35.5 Å². The van der Waals surface area contributed by atoms with Crippen LogP contribution in [0.15, 0.2) is 29.3 Å². The van der Waals surface area contributed by atoms with E-state index in [1.165, 1.54) is 0 Å². The average Bonchev–Trinajstić information content (AvgIpc) is 2.70. The minimum Gasteiger partial charge on any atom is -0.507 e. The van der Waals surface area contributed by atoms with E-state index in [0.717, 1.165) is 47.3 Å². The number of phenolic OH excluding ortho intramolecular Hbond substituents is 1. The first-order chi connectivity index (χ1) is 13.7. The van der Waals surface area contributed by atoms with E-state index in [2.05, 4.69) is 17.3 Å². The Labute approximate surface area is 194 Å². The lowest BCUT2D eigenvalue weighted by molar-refractivity contribution is 0.0412. The number of nitrogens with one attached hydrogen (secondary N) is 1. The van der Waals surface area contributed by atoms with Crippen molar-refractivity contribution in [2.24, 2.45) is 16.6 Å². The number of fused-ring (bicyclic) bond motifs is 1. The van der Waals surface area contributed by atoms with Gasteiger partial charge in [-0.3, -0.25) is 5.43 Å². The van der Waals surface area contributed by atoms with E-state index in [9.17, 15) is 5.11 Å². The number of ether oxygens (including phenoxy) is 2. The number of phenols is 1. The third-order valence-corrected chi connectivity index (χ3v) is 5.71. The predicted molar refractivity (Wildman–Crippen MR) is 130 cm³/mol. The van der Waals surface area contributed by atoms with Crippen molar-refractivity contribution in [3.05, 3.63) is 46.5 Å². The minimum absolute atomic E-state index is 0. The molecule has 0 saturated heterocycles. The van der Waals surface area contributed by atoms with Crippen molar-refractivity contribution in [2.75, 3.05) is 6.61 Å². The van der Waals surface area contributed by atoms with Gasteiger partial charge in [-0.1, -0.05) is 6.07 Å². The van der Waals surface area contributed by atoms with Gasteiger partial charge in [0.25, 0.3) is 0 Å². The van der Waals surface area contributed by atoms with Gasteiger partial charge in [0, 0.05) is 18.1 Å². The standard InChI is InChI=1S/C22H30N4O3.HI/c1-13-14(2)20-18(15(3)19(13)27)8-9-22(4,29-20)10-11-28-17-7-5-6-16(12-17)25-21(23)26-24;/h5-7,12,27H,8-11,24H2,1-4H3,(H3,23,25,26);1H. The molecule has 0 bridgehead atoms. The maximum absolute atomic E-state index is 10.3. The van der Waals surface area contributed by atoms with E-state index in [1.807, 2.05) is 45.0 Å². The number of nitrogens with zero attached hydrogens (tertiary/aromatic N) is 1. The lowest BCUT2D eigenvalue weighted by atomic mass is 9.86. The Bertz CT molecular complexity index is 948. The second kappa shape index (κ2) is 9.74. The molecule has 0 spiro atoms. The molecule has 30 heavy (non-hydrogen) atoms. The number of aliphatic imine (C=N–C) groups is 1. The smallest absolute Gasteiger partial charge is 0.208 e. The summed E-state index contributed by atoms with van der Waals surface area (Å²) in [6, 6.07) is 7.37. The molecular weight excluding hydrogens is 495 g/mol. The lowest BCUT2D eigenvalue weighted by Gasteiger charge is -2.38. The Hall–Kier alpha value is -2.20. The van der Waals surface area contributed by atoms with Crippen LogP contribution in [0.3, 0.4) is 0 Å². The highest BCUT2D eigenvalue weighted by atomic mass is 127. The van der Waals surface area contributed by atoms with Crippen LogP contribution in [0, 0.1) is 20.8 Å². The summed E-state index contributed by atoms with van der Waals surface area (Å²) in [7, 11) is 0. The summed E-state index contributed by atoms with van der Waals surface area (Å²) in [5, 5.41) is 10.3. The molecular formula is C22H31IN4O3. The van der Waals surface area contributed by atoms with Crippen LogP contribution in [0.1, 0.15) is 42.0 Å². The van der Waals surface area contributed by atoms with Gasteiger partial charge < -0.3 is 20.3 Å². The molecule has 0 radical (unpaired) electrons. The average molecular weight is 526 g/mol. The van der Waals surface area contributed by atoms with Gasteiger partial charge in [0.15, 0.2) is 0 Å². The van der Waals surface area contributed by atoms with Crippen molar-refractivity contribution in [2.45, 2.75) is 52.6 Å². The van der Waals surface area contributed by atoms with Gasteiger partial charge >= 0.3 is 0 Å². The highest BCUT2D eigenvalue weighted by Crippen LogP contribution is 2.44. The van der Waals surface area contributed by atoms with E-state index < -0.39 is 0 Å². The number of hydrogen-bond acceptors (Lipinski definition) is 5. The number of rotatable bonds is 5. The third-order valence-electron chi connectivity index (χ3n) is 5.71. The number of nitrogens with two attached hydrogens (primary N) is 2. The highest BCUT2D eigenvalue weighted by molar-refractivity contribution is 14.0. The Kier molecular flexibility index (Phi) is 7.81. The first-order valence-electron chi connectivity index (χ1n) is 9.78. The molecule has 0 fully saturated rings. The molecule has 1 aliphatic rings. The Morgan fingerprint density at radius 2 is 2.00 bits per heavy atom. The van der Waals surface area contributed by atoms with Crippen LogP contribution in [-0.4, -0.2) is 23.3 Å². The number of aromatic hydroxyl groups is 1. The minimum atomic E-state index is -0.322. The molecule has 0 amide bonds. The monoisotopic (exact) mass is 526 g/mol. The van der Waals surface area contributed by atoms with Crippen LogP contribution in [0.4, 0.5) is 5.69 Å². The number of halogens is 1. The highest BCUT2D eigenvalue weighted by Gasteiger charge is 2.34. The van der Waals surface area contributed by atoms with Crippen LogP contribution < -0.4 is 26.5 Å². The van der Waals surface area contributed by atoms with Gasteiger partial charge in [-0.2, -0.15) is 0 Å². The van der Waals surface area contributed by atoms with Crippen molar-refractivity contribution in [3.8, 4) is 17.2 Å². The van der Waals surface area contributed by atoms with Crippen LogP contribution in [-0.2, 0) is 6.42 Å². The van der Waals surface area contributed by atoms with Gasteiger partial charge in [-0.15, -0.1) is 24.0 Å². The van der Waals surface area contributed by atoms with Crippen molar-refractivity contribution < 1.29 is 14.6 Å². The molecule has 7 nitrogen and oxygen atoms in total. The van der Waals surface area contributed by atoms with Crippen LogP contribution >= 0.6 is 24.0 Å². The normalized spacial score (nSPS) is 18.1. The van der Waals surface area contributed by atoms with E-state index >= 15 is 0 Å². The fourth-order valence-electron chi connectivity index (χ4n) is 3.67. The second-order valence-electron chi connectivity index (χ2n) is 7.82. The van der Waals surface area contributed by atoms with Gasteiger partial charge in [0.1, 0.15) is 22.8 Å². The fourth-order valence-corrected chi connectivity index (χ4v) is 3.67. The Balaban J connectivity index is 0.00000320. The van der Waals surface area contributed by atoms with Crippen molar-refractivity contribution in [1.29, 1.82) is 0 Å². The van der Waals surface area contributed by atoms with E-state index in [4.69, 9.17) is 21.1 Å². The zero-order valence-electron chi connectivity index (χ0n) is 17.9. The quantitative estimate of drug-likeness (QED) is 0.155. The van der Waals surface area contributed by atoms with Crippen LogP contribution in [0.5, 0.6) is 17.2 Å². The summed E-state index contributed by atoms with van der Waals surface area (Å²) >= 11 is 0. The van der Waals surface area contributed by atoms with Gasteiger partial charge in [-0.05, 0) is 69.4 Å².